The first-order chi connectivity index (χ1) is 12.5. The van der Waals surface area contributed by atoms with Crippen LogP contribution in [0.1, 0.15) is 52.7 Å². The molecule has 4 rings (SSSR count). The van der Waals surface area contributed by atoms with Crippen molar-refractivity contribution in [1.29, 1.82) is 0 Å². The van der Waals surface area contributed by atoms with Crippen molar-refractivity contribution in [3.05, 3.63) is 53.6 Å². The van der Waals surface area contributed by atoms with Gasteiger partial charge in [-0.05, 0) is 59.7 Å². The van der Waals surface area contributed by atoms with E-state index in [4.69, 9.17) is 0 Å². The van der Waals surface area contributed by atoms with Crippen LogP contribution in [0.4, 0.5) is 0 Å². The van der Waals surface area contributed by atoms with Crippen molar-refractivity contribution < 1.29 is 10.0 Å². The molecule has 3 heteroatoms. The lowest BCUT2D eigenvalue weighted by Gasteiger charge is -2.24. The zero-order valence-corrected chi connectivity index (χ0v) is 17.0. The minimum atomic E-state index is -1.50. The van der Waals surface area contributed by atoms with Crippen molar-refractivity contribution in [3.8, 4) is 0 Å². The zero-order chi connectivity index (χ0) is 19.7. The lowest BCUT2D eigenvalue weighted by atomic mass is 9.72. The summed E-state index contributed by atoms with van der Waals surface area (Å²) in [6.45, 7) is 13.2. The summed E-state index contributed by atoms with van der Waals surface area (Å²) in [6, 6.07) is 15.2. The van der Waals surface area contributed by atoms with Gasteiger partial charge in [0.25, 0.3) is 0 Å². The number of hydrogen-bond acceptors (Lipinski definition) is 2. The predicted molar refractivity (Wildman–Crippen MR) is 117 cm³/mol. The van der Waals surface area contributed by atoms with E-state index in [0.29, 0.717) is 5.46 Å². The van der Waals surface area contributed by atoms with Crippen molar-refractivity contribution in [2.24, 2.45) is 0 Å². The van der Waals surface area contributed by atoms with E-state index < -0.39 is 7.12 Å². The van der Waals surface area contributed by atoms with Crippen LogP contribution in [0.25, 0.3) is 32.3 Å². The van der Waals surface area contributed by atoms with Crippen LogP contribution in [-0.4, -0.2) is 17.2 Å². The van der Waals surface area contributed by atoms with Gasteiger partial charge in [0.15, 0.2) is 0 Å². The molecule has 0 spiro atoms. The van der Waals surface area contributed by atoms with Crippen molar-refractivity contribution >= 4 is 44.9 Å². The smallest absolute Gasteiger partial charge is 0.423 e. The maximum Gasteiger partial charge on any atom is 0.489 e. The van der Waals surface area contributed by atoms with Crippen LogP contribution in [0.2, 0.25) is 0 Å². The van der Waals surface area contributed by atoms with Gasteiger partial charge in [0, 0.05) is 0 Å². The first-order valence-corrected chi connectivity index (χ1v) is 9.60. The highest BCUT2D eigenvalue weighted by Gasteiger charge is 2.24. The molecule has 0 saturated heterocycles. The van der Waals surface area contributed by atoms with Crippen LogP contribution < -0.4 is 5.46 Å². The second-order valence-corrected chi connectivity index (χ2v) is 9.82. The summed E-state index contributed by atoms with van der Waals surface area (Å²) < 4.78 is 0. The first kappa shape index (κ1) is 18.3. The molecule has 0 saturated carbocycles. The van der Waals surface area contributed by atoms with Crippen molar-refractivity contribution in [3.63, 3.8) is 0 Å². The first-order valence-electron chi connectivity index (χ1n) is 9.60. The Morgan fingerprint density at radius 1 is 0.630 bits per heavy atom. The van der Waals surface area contributed by atoms with Crippen LogP contribution in [0.15, 0.2) is 42.5 Å². The van der Waals surface area contributed by atoms with Crippen LogP contribution >= 0.6 is 0 Å². The average Bonchev–Trinajstić information content (AvgIpc) is 2.56. The molecule has 2 nitrogen and oxygen atoms in total. The third-order valence-corrected chi connectivity index (χ3v) is 5.69. The maximum atomic E-state index is 10.1. The lowest BCUT2D eigenvalue weighted by Crippen LogP contribution is -2.31. The topological polar surface area (TPSA) is 40.5 Å². The van der Waals surface area contributed by atoms with E-state index >= 15 is 0 Å². The van der Waals surface area contributed by atoms with E-state index in [-0.39, 0.29) is 10.8 Å². The normalized spacial score (nSPS) is 13.2. The second kappa shape index (κ2) is 5.70. The molecule has 0 amide bonds. The van der Waals surface area contributed by atoms with Crippen LogP contribution in [-0.2, 0) is 10.8 Å². The van der Waals surface area contributed by atoms with Gasteiger partial charge in [-0.1, -0.05) is 84.0 Å². The van der Waals surface area contributed by atoms with Gasteiger partial charge in [0.05, 0.1) is 0 Å². The van der Waals surface area contributed by atoms with E-state index in [0.717, 1.165) is 21.5 Å². The standard InChI is InChI=1S/C24H27BO2/c1-23(2,3)17-9-14-7-8-15-10-18(24(4,5)6)13-19-20(25(26)27)12-16(11-17)21(14)22(15)19/h7-13,26-27H,1-6H3. The molecule has 0 fully saturated rings. The van der Waals surface area contributed by atoms with Crippen molar-refractivity contribution in [2.45, 2.75) is 52.4 Å². The quantitative estimate of drug-likeness (QED) is 0.377. The van der Waals surface area contributed by atoms with Gasteiger partial charge < -0.3 is 10.0 Å². The van der Waals surface area contributed by atoms with Gasteiger partial charge >= 0.3 is 7.12 Å². The van der Waals surface area contributed by atoms with Crippen LogP contribution in [0.5, 0.6) is 0 Å². The van der Waals surface area contributed by atoms with E-state index in [2.05, 4.69) is 77.9 Å². The minimum Gasteiger partial charge on any atom is -0.423 e. The van der Waals surface area contributed by atoms with Gasteiger partial charge in [-0.2, -0.15) is 0 Å². The summed E-state index contributed by atoms with van der Waals surface area (Å²) in [4.78, 5) is 0. The third-order valence-electron chi connectivity index (χ3n) is 5.69. The minimum absolute atomic E-state index is 0.0124. The Balaban J connectivity index is 2.22. The second-order valence-electron chi connectivity index (χ2n) is 9.82. The van der Waals surface area contributed by atoms with Crippen molar-refractivity contribution in [1.82, 2.24) is 0 Å². The molecule has 0 radical (unpaired) electrons. The molecule has 0 unspecified atom stereocenters. The Labute approximate surface area is 161 Å². The average molecular weight is 358 g/mol. The van der Waals surface area contributed by atoms with E-state index in [1.165, 1.54) is 21.9 Å². The molecular formula is C24H27BO2. The monoisotopic (exact) mass is 358 g/mol. The molecule has 0 aliphatic carbocycles. The Bertz CT molecular complexity index is 1160. The van der Waals surface area contributed by atoms with Crippen LogP contribution in [0, 0.1) is 0 Å². The molecule has 0 atom stereocenters. The lowest BCUT2D eigenvalue weighted by molar-refractivity contribution is 0.426. The highest BCUT2D eigenvalue weighted by Crippen LogP contribution is 2.39. The van der Waals surface area contributed by atoms with Gasteiger partial charge in [-0.3, -0.25) is 0 Å². The summed E-state index contributed by atoms with van der Waals surface area (Å²) in [5, 5.41) is 26.9. The Morgan fingerprint density at radius 3 is 1.63 bits per heavy atom. The third kappa shape index (κ3) is 2.90. The summed E-state index contributed by atoms with van der Waals surface area (Å²) in [5.41, 5.74) is 3.05. The fourth-order valence-corrected chi connectivity index (χ4v) is 4.03. The molecule has 27 heavy (non-hydrogen) atoms. The van der Waals surface area contributed by atoms with Crippen LogP contribution in [0.3, 0.4) is 0 Å². The Morgan fingerprint density at radius 2 is 1.11 bits per heavy atom. The number of hydrogen-bond donors (Lipinski definition) is 2. The summed E-state index contributed by atoms with van der Waals surface area (Å²) in [5.74, 6) is 0. The molecular weight excluding hydrogens is 331 g/mol. The molecule has 4 aromatic rings. The van der Waals surface area contributed by atoms with Gasteiger partial charge in [0.2, 0.25) is 0 Å². The summed E-state index contributed by atoms with van der Waals surface area (Å²) >= 11 is 0. The van der Waals surface area contributed by atoms with E-state index in [9.17, 15) is 10.0 Å². The van der Waals surface area contributed by atoms with Gasteiger partial charge in [0.1, 0.15) is 0 Å². The predicted octanol–water partition coefficient (Wildman–Crippen LogP) is 4.86. The maximum absolute atomic E-state index is 10.1. The highest BCUT2D eigenvalue weighted by atomic mass is 16.4. The number of benzene rings is 4. The largest absolute Gasteiger partial charge is 0.489 e. The van der Waals surface area contributed by atoms with Gasteiger partial charge in [-0.15, -0.1) is 0 Å². The van der Waals surface area contributed by atoms with E-state index in [1.807, 2.05) is 6.07 Å². The molecule has 0 aliphatic heterocycles. The number of rotatable bonds is 1. The molecule has 4 aromatic carbocycles. The van der Waals surface area contributed by atoms with E-state index in [1.54, 1.807) is 0 Å². The van der Waals surface area contributed by atoms with Gasteiger partial charge in [-0.25, -0.2) is 0 Å². The molecule has 0 aliphatic rings. The molecule has 138 valence electrons. The molecule has 0 bridgehead atoms. The molecule has 0 heterocycles. The van der Waals surface area contributed by atoms with Crippen molar-refractivity contribution in [2.75, 3.05) is 0 Å². The zero-order valence-electron chi connectivity index (χ0n) is 17.0. The molecule has 2 N–H and O–H groups in total. The fraction of sp³-hybridized carbons (Fsp3) is 0.333. The summed E-state index contributed by atoms with van der Waals surface area (Å²) in [6.07, 6.45) is 0. The summed E-state index contributed by atoms with van der Waals surface area (Å²) in [7, 11) is -1.50. The SMILES string of the molecule is CC(C)(C)c1cc2ccc3cc(C(C)(C)C)cc4c(B(O)O)cc(c1)c2c34. The Kier molecular flexibility index (Phi) is 3.86. The molecule has 0 aromatic heterocycles. The fourth-order valence-electron chi connectivity index (χ4n) is 4.03. The highest BCUT2D eigenvalue weighted by molar-refractivity contribution is 6.63. The Hall–Kier alpha value is -2.10.